The Bertz CT molecular complexity index is 1510. The van der Waals surface area contributed by atoms with Crippen LogP contribution in [0.25, 0.3) is 11.7 Å². The number of hydrogen-bond donors (Lipinski definition) is 1. The lowest BCUT2D eigenvalue weighted by Gasteiger charge is -2.14. The number of imidazole rings is 1. The molecule has 1 aromatic carbocycles. The highest BCUT2D eigenvalue weighted by Crippen LogP contribution is 2.34. The topological polar surface area (TPSA) is 84.5 Å². The molecule has 3 aromatic heterocycles. The van der Waals surface area contributed by atoms with Crippen LogP contribution in [0.15, 0.2) is 77.1 Å². The van der Waals surface area contributed by atoms with Gasteiger partial charge < -0.3 is 9.88 Å². The van der Waals surface area contributed by atoms with Gasteiger partial charge in [-0.2, -0.15) is 0 Å². The van der Waals surface area contributed by atoms with Crippen molar-refractivity contribution >= 4 is 51.7 Å². The van der Waals surface area contributed by atoms with Crippen molar-refractivity contribution < 1.29 is 4.79 Å². The van der Waals surface area contributed by atoms with Crippen LogP contribution >= 0.6 is 24.0 Å². The molecule has 36 heavy (non-hydrogen) atoms. The zero-order valence-corrected chi connectivity index (χ0v) is 21.3. The third-order valence-electron chi connectivity index (χ3n) is 5.86. The molecule has 0 spiro atoms. The molecule has 10 heteroatoms. The summed E-state index contributed by atoms with van der Waals surface area (Å²) < 4.78 is 3.98. The molecule has 1 fully saturated rings. The first kappa shape index (κ1) is 24.0. The third kappa shape index (κ3) is 4.95. The second-order valence-electron chi connectivity index (χ2n) is 8.40. The van der Waals surface area contributed by atoms with Gasteiger partial charge >= 0.3 is 0 Å². The number of carbonyl (C=O) groups excluding carboxylic acids is 1. The quantitative estimate of drug-likeness (QED) is 0.214. The molecule has 4 heterocycles. The van der Waals surface area contributed by atoms with Crippen molar-refractivity contribution in [1.82, 2.24) is 23.8 Å². The molecule has 1 aliphatic heterocycles. The van der Waals surface area contributed by atoms with Crippen LogP contribution in [0, 0.1) is 6.92 Å². The first-order chi connectivity index (χ1) is 17.5. The van der Waals surface area contributed by atoms with Gasteiger partial charge in [0.25, 0.3) is 11.5 Å². The van der Waals surface area contributed by atoms with E-state index < -0.39 is 0 Å². The lowest BCUT2D eigenvalue weighted by atomic mass is 10.2. The maximum absolute atomic E-state index is 13.5. The van der Waals surface area contributed by atoms with Gasteiger partial charge in [-0.1, -0.05) is 60.4 Å². The fourth-order valence-electron chi connectivity index (χ4n) is 4.00. The predicted molar refractivity (Wildman–Crippen MR) is 147 cm³/mol. The number of thiocarbonyl (C=S) groups is 1. The summed E-state index contributed by atoms with van der Waals surface area (Å²) in [6.07, 6.45) is 9.54. The van der Waals surface area contributed by atoms with Crippen molar-refractivity contribution in [3.63, 3.8) is 0 Å². The third-order valence-corrected chi connectivity index (χ3v) is 7.24. The molecule has 0 bridgehead atoms. The number of hydrogen-bond acceptors (Lipinski definition) is 7. The standard InChI is InChI=1S/C26H24N6O2S2/c1-18-7-5-13-31-23(18)29-22(28-10-6-12-30-14-11-27-17-30)20(24(31)33)15-21-25(34)32(26(35)36-21)16-19-8-3-2-4-9-19/h2-5,7-9,11,13-15,17,28H,6,10,12,16H2,1H3/b21-15-. The second-order valence-corrected chi connectivity index (χ2v) is 10.1. The van der Waals surface area contributed by atoms with Crippen LogP contribution in [0.1, 0.15) is 23.1 Å². The van der Waals surface area contributed by atoms with E-state index in [1.165, 1.54) is 16.2 Å². The van der Waals surface area contributed by atoms with Crippen LogP contribution < -0.4 is 10.9 Å². The molecule has 1 N–H and O–H groups in total. The summed E-state index contributed by atoms with van der Waals surface area (Å²) in [5.74, 6) is 0.238. The van der Waals surface area contributed by atoms with Crippen molar-refractivity contribution in [2.45, 2.75) is 26.4 Å². The van der Waals surface area contributed by atoms with Crippen molar-refractivity contribution in [1.29, 1.82) is 0 Å². The van der Waals surface area contributed by atoms with Gasteiger partial charge in [-0.05, 0) is 36.6 Å². The molecule has 0 radical (unpaired) electrons. The Morgan fingerprint density at radius 2 is 1.94 bits per heavy atom. The van der Waals surface area contributed by atoms with E-state index in [0.29, 0.717) is 39.3 Å². The second kappa shape index (κ2) is 10.5. The summed E-state index contributed by atoms with van der Waals surface area (Å²) in [4.78, 5) is 37.6. The number of anilines is 1. The van der Waals surface area contributed by atoms with E-state index in [9.17, 15) is 9.59 Å². The first-order valence-corrected chi connectivity index (χ1v) is 12.7. The van der Waals surface area contributed by atoms with Crippen LogP contribution in [0.3, 0.4) is 0 Å². The molecule has 8 nitrogen and oxygen atoms in total. The van der Waals surface area contributed by atoms with Gasteiger partial charge in [-0.3, -0.25) is 18.9 Å². The summed E-state index contributed by atoms with van der Waals surface area (Å²) in [6, 6.07) is 13.4. The molecule has 0 unspecified atom stereocenters. The molecule has 4 aromatic rings. The SMILES string of the molecule is Cc1cccn2c(=O)c(/C=C3\SC(=S)N(Cc4ccccc4)C3=O)c(NCCCn3ccnc3)nc12. The highest BCUT2D eigenvalue weighted by atomic mass is 32.2. The number of amides is 1. The molecule has 1 saturated heterocycles. The van der Waals surface area contributed by atoms with Crippen molar-refractivity contribution in [2.75, 3.05) is 11.9 Å². The smallest absolute Gasteiger partial charge is 0.267 e. The summed E-state index contributed by atoms with van der Waals surface area (Å²) in [7, 11) is 0. The Labute approximate surface area is 217 Å². The predicted octanol–water partition coefficient (Wildman–Crippen LogP) is 4.10. The molecule has 5 rings (SSSR count). The number of pyridine rings is 1. The first-order valence-electron chi connectivity index (χ1n) is 11.5. The summed E-state index contributed by atoms with van der Waals surface area (Å²) in [5, 5.41) is 3.32. The highest BCUT2D eigenvalue weighted by Gasteiger charge is 2.32. The van der Waals surface area contributed by atoms with E-state index in [4.69, 9.17) is 17.2 Å². The van der Waals surface area contributed by atoms with E-state index in [0.717, 1.165) is 24.1 Å². The number of carbonyl (C=O) groups is 1. The van der Waals surface area contributed by atoms with Gasteiger partial charge in [-0.25, -0.2) is 9.97 Å². The van der Waals surface area contributed by atoms with Gasteiger partial charge in [0.2, 0.25) is 0 Å². The van der Waals surface area contributed by atoms with E-state index in [-0.39, 0.29) is 11.5 Å². The van der Waals surface area contributed by atoms with Crippen LogP contribution in [0.4, 0.5) is 5.82 Å². The average molecular weight is 517 g/mol. The molecule has 0 saturated carbocycles. The zero-order valence-electron chi connectivity index (χ0n) is 19.6. The largest absolute Gasteiger partial charge is 0.369 e. The maximum atomic E-state index is 13.5. The summed E-state index contributed by atoms with van der Waals surface area (Å²) in [5.41, 5.74) is 2.54. The molecular formula is C26H24N6O2S2. The maximum Gasteiger partial charge on any atom is 0.267 e. The Kier molecular flexibility index (Phi) is 6.97. The van der Waals surface area contributed by atoms with Gasteiger partial charge in [0.05, 0.1) is 23.3 Å². The van der Waals surface area contributed by atoms with Crippen molar-refractivity contribution in [3.05, 3.63) is 99.3 Å². The molecule has 182 valence electrons. The normalized spacial score (nSPS) is 14.8. The number of thioether (sulfide) groups is 1. The van der Waals surface area contributed by atoms with Crippen LogP contribution in [-0.4, -0.2) is 40.6 Å². The average Bonchev–Trinajstić information content (AvgIpc) is 3.49. The minimum absolute atomic E-state index is 0.214. The Morgan fingerprint density at radius 3 is 2.72 bits per heavy atom. The minimum atomic E-state index is -0.242. The molecular weight excluding hydrogens is 492 g/mol. The lowest BCUT2D eigenvalue weighted by Crippen LogP contribution is -2.27. The molecule has 0 atom stereocenters. The van der Waals surface area contributed by atoms with Gasteiger partial charge in [0.1, 0.15) is 15.8 Å². The van der Waals surface area contributed by atoms with E-state index >= 15 is 0 Å². The monoisotopic (exact) mass is 516 g/mol. The Hall–Kier alpha value is -3.76. The minimum Gasteiger partial charge on any atom is -0.369 e. The van der Waals surface area contributed by atoms with Crippen molar-refractivity contribution in [2.24, 2.45) is 0 Å². The van der Waals surface area contributed by atoms with Crippen molar-refractivity contribution in [3.8, 4) is 0 Å². The fraction of sp³-hybridized carbons (Fsp3) is 0.192. The Morgan fingerprint density at radius 1 is 1.11 bits per heavy atom. The number of nitrogens with one attached hydrogen (secondary N) is 1. The molecule has 0 aliphatic carbocycles. The van der Waals surface area contributed by atoms with E-state index in [1.54, 1.807) is 29.7 Å². The highest BCUT2D eigenvalue weighted by molar-refractivity contribution is 8.26. The lowest BCUT2D eigenvalue weighted by molar-refractivity contribution is -0.122. The fourth-order valence-corrected chi connectivity index (χ4v) is 5.23. The number of nitrogens with zero attached hydrogens (tertiary/aromatic N) is 5. The number of aryl methyl sites for hydroxylation is 2. The molecule has 1 aliphatic rings. The molecule has 1 amide bonds. The number of benzene rings is 1. The van der Waals surface area contributed by atoms with Gasteiger partial charge in [-0.15, -0.1) is 0 Å². The van der Waals surface area contributed by atoms with Crippen LogP contribution in [0.5, 0.6) is 0 Å². The van der Waals surface area contributed by atoms with E-state index in [2.05, 4.69) is 10.3 Å². The van der Waals surface area contributed by atoms with Gasteiger partial charge in [0, 0.05) is 31.7 Å². The van der Waals surface area contributed by atoms with Crippen LogP contribution in [-0.2, 0) is 17.9 Å². The summed E-state index contributed by atoms with van der Waals surface area (Å²) >= 11 is 6.70. The Balaban J connectivity index is 1.46. The summed E-state index contributed by atoms with van der Waals surface area (Å²) in [6.45, 7) is 3.68. The van der Waals surface area contributed by atoms with E-state index in [1.807, 2.05) is 60.2 Å². The van der Waals surface area contributed by atoms with Gasteiger partial charge in [0.15, 0.2) is 0 Å². The number of aromatic nitrogens is 4. The number of fused-ring (bicyclic) bond motifs is 1. The zero-order chi connectivity index (χ0) is 25.1. The van der Waals surface area contributed by atoms with Crippen LogP contribution in [0.2, 0.25) is 0 Å². The number of rotatable bonds is 8.